The molecule has 0 aromatic rings. The number of carbonyl (C=O) groups is 1. The van der Waals surface area contributed by atoms with Gasteiger partial charge in [-0.2, -0.15) is 0 Å². The van der Waals surface area contributed by atoms with Crippen LogP contribution in [0.5, 0.6) is 0 Å². The van der Waals surface area contributed by atoms with E-state index in [9.17, 15) is 9.90 Å². The second-order valence-corrected chi connectivity index (χ2v) is 8.03. The van der Waals surface area contributed by atoms with E-state index in [1.165, 1.54) is 5.57 Å². The lowest BCUT2D eigenvalue weighted by molar-refractivity contribution is -0.153. The maximum absolute atomic E-state index is 12.4. The molecule has 1 aliphatic heterocycles. The summed E-state index contributed by atoms with van der Waals surface area (Å²) in [5, 5.41) is 11.3. The minimum Gasteiger partial charge on any atom is -0.451 e. The number of hydrogen-bond donors (Lipinski definition) is 1. The van der Waals surface area contributed by atoms with Crippen molar-refractivity contribution in [1.82, 2.24) is 0 Å². The lowest BCUT2D eigenvalue weighted by Gasteiger charge is -2.35. The highest BCUT2D eigenvalue weighted by Gasteiger charge is 2.55. The number of esters is 1. The molecule has 6 atom stereocenters. The van der Waals surface area contributed by atoms with Gasteiger partial charge in [0, 0.05) is 11.5 Å². The van der Waals surface area contributed by atoms with Gasteiger partial charge in [0.25, 0.3) is 0 Å². The fourth-order valence-electron chi connectivity index (χ4n) is 4.76. The molecule has 0 amide bonds. The van der Waals surface area contributed by atoms with Gasteiger partial charge in [-0.1, -0.05) is 25.5 Å². The van der Waals surface area contributed by atoms with Crippen LogP contribution in [0, 0.1) is 23.7 Å². The second-order valence-electron chi connectivity index (χ2n) is 8.03. The quantitative estimate of drug-likeness (QED) is 0.594. The molecule has 3 aliphatic rings. The fourth-order valence-corrected chi connectivity index (χ4v) is 4.76. The zero-order valence-electron chi connectivity index (χ0n) is 14.3. The summed E-state index contributed by atoms with van der Waals surface area (Å²) in [6.07, 6.45) is 4.79. The molecule has 22 heavy (non-hydrogen) atoms. The zero-order valence-corrected chi connectivity index (χ0v) is 14.3. The summed E-state index contributed by atoms with van der Waals surface area (Å²) < 4.78 is 5.71. The van der Waals surface area contributed by atoms with Crippen LogP contribution in [0.3, 0.4) is 0 Å². The van der Waals surface area contributed by atoms with Gasteiger partial charge >= 0.3 is 5.97 Å². The standard InChI is InChI=1S/C19H28O3/c1-10(2)8-13-9-12(4)14-7-6-11(3)15-16(14)17(19(13,5)21)22-18(15)20/h8,11-14,17,21H,6-7,9H2,1-5H3. The minimum atomic E-state index is -1.02. The summed E-state index contributed by atoms with van der Waals surface area (Å²) in [7, 11) is 0. The predicted octanol–water partition coefficient (Wildman–Crippen LogP) is 3.63. The highest BCUT2D eigenvalue weighted by Crippen LogP contribution is 2.52. The van der Waals surface area contributed by atoms with E-state index in [4.69, 9.17) is 4.74 Å². The van der Waals surface area contributed by atoms with Crippen LogP contribution in [0.4, 0.5) is 0 Å². The first-order valence-electron chi connectivity index (χ1n) is 8.55. The van der Waals surface area contributed by atoms with E-state index >= 15 is 0 Å². The highest BCUT2D eigenvalue weighted by molar-refractivity contribution is 5.93. The molecule has 2 aliphatic carbocycles. The number of hydrogen-bond acceptors (Lipinski definition) is 3. The summed E-state index contributed by atoms with van der Waals surface area (Å²) in [4.78, 5) is 12.4. The molecule has 3 rings (SSSR count). The summed E-state index contributed by atoms with van der Waals surface area (Å²) in [6, 6.07) is 0. The van der Waals surface area contributed by atoms with E-state index in [-0.39, 0.29) is 17.8 Å². The Kier molecular flexibility index (Phi) is 3.75. The fraction of sp³-hybridized carbons (Fsp3) is 0.737. The Balaban J connectivity index is 2.13. The largest absolute Gasteiger partial charge is 0.451 e. The Labute approximate surface area is 133 Å². The topological polar surface area (TPSA) is 46.5 Å². The maximum Gasteiger partial charge on any atom is 0.335 e. The minimum absolute atomic E-state index is 0.0260. The SMILES string of the molecule is CC(C)=CC1CC(C)C2CCC(C)C3=C2C(OC3=O)C1(C)O. The van der Waals surface area contributed by atoms with Gasteiger partial charge in [-0.15, -0.1) is 0 Å². The summed E-state index contributed by atoms with van der Waals surface area (Å²) in [5.41, 5.74) is 2.16. The number of carbonyl (C=O) groups excluding carboxylic acids is 1. The number of aliphatic hydroxyl groups is 1. The van der Waals surface area contributed by atoms with Crippen molar-refractivity contribution < 1.29 is 14.6 Å². The van der Waals surface area contributed by atoms with Crippen LogP contribution in [-0.2, 0) is 9.53 Å². The van der Waals surface area contributed by atoms with Gasteiger partial charge < -0.3 is 9.84 Å². The molecule has 1 heterocycles. The third-order valence-electron chi connectivity index (χ3n) is 5.97. The van der Waals surface area contributed by atoms with Crippen molar-refractivity contribution >= 4 is 5.97 Å². The average Bonchev–Trinajstić information content (AvgIpc) is 2.74. The van der Waals surface area contributed by atoms with Crippen LogP contribution in [0.15, 0.2) is 22.8 Å². The van der Waals surface area contributed by atoms with E-state index in [1.54, 1.807) is 0 Å². The first-order valence-corrected chi connectivity index (χ1v) is 8.55. The number of ether oxygens (including phenoxy) is 1. The Morgan fingerprint density at radius 3 is 2.64 bits per heavy atom. The smallest absolute Gasteiger partial charge is 0.335 e. The summed E-state index contributed by atoms with van der Waals surface area (Å²) >= 11 is 0. The highest BCUT2D eigenvalue weighted by atomic mass is 16.6. The molecule has 3 heteroatoms. The van der Waals surface area contributed by atoms with E-state index < -0.39 is 11.7 Å². The Morgan fingerprint density at radius 1 is 1.32 bits per heavy atom. The number of allylic oxidation sites excluding steroid dienone is 1. The van der Waals surface area contributed by atoms with Crippen molar-refractivity contribution in [3.63, 3.8) is 0 Å². The molecule has 1 fully saturated rings. The molecule has 0 saturated heterocycles. The van der Waals surface area contributed by atoms with Crippen LogP contribution in [-0.4, -0.2) is 22.8 Å². The van der Waals surface area contributed by atoms with E-state index in [2.05, 4.69) is 33.8 Å². The molecule has 0 bridgehead atoms. The van der Waals surface area contributed by atoms with Crippen LogP contribution in [0.2, 0.25) is 0 Å². The summed E-state index contributed by atoms with van der Waals surface area (Å²) in [6.45, 7) is 10.3. The third-order valence-corrected chi connectivity index (χ3v) is 5.97. The van der Waals surface area contributed by atoms with Crippen molar-refractivity contribution in [1.29, 1.82) is 0 Å². The van der Waals surface area contributed by atoms with Crippen molar-refractivity contribution in [2.75, 3.05) is 0 Å². The van der Waals surface area contributed by atoms with Crippen molar-refractivity contribution in [3.05, 3.63) is 22.8 Å². The van der Waals surface area contributed by atoms with Crippen molar-refractivity contribution in [2.45, 2.75) is 65.6 Å². The molecule has 1 N–H and O–H groups in total. The van der Waals surface area contributed by atoms with Gasteiger partial charge in [-0.3, -0.25) is 0 Å². The second kappa shape index (κ2) is 5.23. The van der Waals surface area contributed by atoms with Gasteiger partial charge in [0.2, 0.25) is 0 Å². The van der Waals surface area contributed by atoms with Gasteiger partial charge in [-0.25, -0.2) is 4.79 Å². The van der Waals surface area contributed by atoms with Crippen LogP contribution in [0.25, 0.3) is 0 Å². The normalized spacial score (nSPS) is 44.3. The molecule has 122 valence electrons. The van der Waals surface area contributed by atoms with Crippen LogP contribution < -0.4 is 0 Å². The third kappa shape index (κ3) is 2.25. The lowest BCUT2D eigenvalue weighted by Crippen LogP contribution is -2.46. The van der Waals surface area contributed by atoms with E-state index in [0.29, 0.717) is 11.8 Å². The molecular formula is C19H28O3. The predicted molar refractivity (Wildman–Crippen MR) is 86.1 cm³/mol. The first-order chi connectivity index (χ1) is 10.2. The molecular weight excluding hydrogens is 276 g/mol. The molecule has 3 nitrogen and oxygen atoms in total. The summed E-state index contributed by atoms with van der Waals surface area (Å²) in [5.74, 6) is 0.932. The van der Waals surface area contributed by atoms with Gasteiger partial charge in [0.15, 0.2) is 6.10 Å². The van der Waals surface area contributed by atoms with Crippen molar-refractivity contribution in [2.24, 2.45) is 23.7 Å². The zero-order chi connectivity index (χ0) is 16.2. The Morgan fingerprint density at radius 2 is 2.00 bits per heavy atom. The molecule has 0 spiro atoms. The van der Waals surface area contributed by atoms with Crippen LogP contribution >= 0.6 is 0 Å². The molecule has 6 unspecified atom stereocenters. The van der Waals surface area contributed by atoms with Crippen LogP contribution in [0.1, 0.15) is 53.9 Å². The molecule has 0 radical (unpaired) electrons. The first kappa shape index (κ1) is 15.8. The molecule has 0 aromatic heterocycles. The monoisotopic (exact) mass is 304 g/mol. The Hall–Kier alpha value is -1.09. The van der Waals surface area contributed by atoms with E-state index in [1.807, 2.05) is 6.92 Å². The van der Waals surface area contributed by atoms with Crippen molar-refractivity contribution in [3.8, 4) is 0 Å². The lowest BCUT2D eigenvalue weighted by atomic mass is 9.71. The molecule has 1 saturated carbocycles. The number of rotatable bonds is 1. The van der Waals surface area contributed by atoms with Gasteiger partial charge in [-0.05, 0) is 63.4 Å². The van der Waals surface area contributed by atoms with Gasteiger partial charge in [0.1, 0.15) is 5.60 Å². The Bertz CT molecular complexity index is 551. The van der Waals surface area contributed by atoms with E-state index in [0.717, 1.165) is 30.4 Å². The average molecular weight is 304 g/mol. The maximum atomic E-state index is 12.4. The molecule has 0 aromatic carbocycles. The van der Waals surface area contributed by atoms with Gasteiger partial charge in [0.05, 0.1) is 0 Å².